The third kappa shape index (κ3) is 3.63. The molecule has 0 aromatic heterocycles. The fourth-order valence-corrected chi connectivity index (χ4v) is 3.50. The van der Waals surface area contributed by atoms with Gasteiger partial charge in [0.2, 0.25) is 0 Å². The van der Waals surface area contributed by atoms with Gasteiger partial charge in [0.1, 0.15) is 0 Å². The summed E-state index contributed by atoms with van der Waals surface area (Å²) < 4.78 is 0. The highest BCUT2D eigenvalue weighted by atomic mass is 33.1. The second-order valence-electron chi connectivity index (χ2n) is 3.68. The van der Waals surface area contributed by atoms with Crippen LogP contribution in [0.3, 0.4) is 0 Å². The molecule has 1 saturated heterocycles. The first-order chi connectivity index (χ1) is 7.70. The van der Waals surface area contributed by atoms with Crippen LogP contribution in [0.5, 0.6) is 0 Å². The van der Waals surface area contributed by atoms with Gasteiger partial charge in [-0.3, -0.25) is 14.8 Å². The summed E-state index contributed by atoms with van der Waals surface area (Å²) in [5, 5.41) is 3.91. The minimum absolute atomic E-state index is 0.192. The van der Waals surface area contributed by atoms with Crippen LogP contribution in [0.4, 0.5) is 0 Å². The third-order valence-corrected chi connectivity index (χ3v) is 4.65. The summed E-state index contributed by atoms with van der Waals surface area (Å²) in [4.78, 5) is 11.9. The van der Waals surface area contributed by atoms with Gasteiger partial charge in [-0.1, -0.05) is 41.5 Å². The standard InChI is InChI=1S/C11H20N2OS2/c1-4-6-7-13-10(3)8-15-16-9-11(14)12(13)5-2/h3-9H2,1-2H3. The first kappa shape index (κ1) is 13.8. The molecule has 1 heterocycles. The number of rotatable bonds is 4. The lowest BCUT2D eigenvalue weighted by atomic mass is 10.3. The maximum Gasteiger partial charge on any atom is 0.251 e. The van der Waals surface area contributed by atoms with E-state index < -0.39 is 0 Å². The van der Waals surface area contributed by atoms with Crippen molar-refractivity contribution in [3.8, 4) is 0 Å². The number of carbonyl (C=O) groups is 1. The molecule has 1 aliphatic rings. The molecule has 1 fully saturated rings. The van der Waals surface area contributed by atoms with E-state index in [1.807, 2.05) is 11.9 Å². The van der Waals surface area contributed by atoms with Crippen LogP contribution in [0.1, 0.15) is 26.7 Å². The average Bonchev–Trinajstić information content (AvgIpc) is 2.27. The van der Waals surface area contributed by atoms with Gasteiger partial charge in [-0.15, -0.1) is 0 Å². The molecule has 0 atom stereocenters. The zero-order valence-electron chi connectivity index (χ0n) is 10.1. The van der Waals surface area contributed by atoms with Gasteiger partial charge in [0.25, 0.3) is 5.91 Å². The highest BCUT2D eigenvalue weighted by Gasteiger charge is 2.23. The Morgan fingerprint density at radius 1 is 1.25 bits per heavy atom. The fourth-order valence-electron chi connectivity index (χ4n) is 1.59. The van der Waals surface area contributed by atoms with Crippen molar-refractivity contribution < 1.29 is 4.79 Å². The van der Waals surface area contributed by atoms with Crippen molar-refractivity contribution in [2.75, 3.05) is 24.6 Å². The van der Waals surface area contributed by atoms with E-state index in [0.717, 1.165) is 37.4 Å². The molecule has 0 radical (unpaired) electrons. The molecule has 0 spiro atoms. The molecule has 0 aliphatic carbocycles. The van der Waals surface area contributed by atoms with Gasteiger partial charge in [-0.25, -0.2) is 0 Å². The van der Waals surface area contributed by atoms with E-state index in [-0.39, 0.29) is 5.91 Å². The van der Waals surface area contributed by atoms with Gasteiger partial charge < -0.3 is 0 Å². The van der Waals surface area contributed by atoms with E-state index >= 15 is 0 Å². The van der Waals surface area contributed by atoms with Crippen molar-refractivity contribution in [2.24, 2.45) is 0 Å². The van der Waals surface area contributed by atoms with Crippen molar-refractivity contribution >= 4 is 27.5 Å². The van der Waals surface area contributed by atoms with E-state index in [1.54, 1.807) is 21.6 Å². The predicted molar refractivity (Wildman–Crippen MR) is 73.1 cm³/mol. The minimum atomic E-state index is 0.192. The van der Waals surface area contributed by atoms with Crippen molar-refractivity contribution in [3.05, 3.63) is 12.3 Å². The van der Waals surface area contributed by atoms with E-state index in [0.29, 0.717) is 5.75 Å². The summed E-state index contributed by atoms with van der Waals surface area (Å²) in [7, 11) is 3.34. The summed E-state index contributed by atoms with van der Waals surface area (Å²) in [6.07, 6.45) is 2.23. The van der Waals surface area contributed by atoms with Crippen LogP contribution in [-0.2, 0) is 4.79 Å². The topological polar surface area (TPSA) is 23.6 Å². The summed E-state index contributed by atoms with van der Waals surface area (Å²) in [5.74, 6) is 1.66. The summed E-state index contributed by atoms with van der Waals surface area (Å²) in [6, 6.07) is 0. The Labute approximate surface area is 106 Å². The van der Waals surface area contributed by atoms with Gasteiger partial charge >= 0.3 is 0 Å². The lowest BCUT2D eigenvalue weighted by Crippen LogP contribution is -2.47. The highest BCUT2D eigenvalue weighted by molar-refractivity contribution is 8.76. The van der Waals surface area contributed by atoms with Crippen LogP contribution in [0.15, 0.2) is 12.3 Å². The molecule has 0 N–H and O–H groups in total. The quantitative estimate of drug-likeness (QED) is 0.725. The summed E-state index contributed by atoms with van der Waals surface area (Å²) >= 11 is 0. The third-order valence-electron chi connectivity index (χ3n) is 2.46. The molecule has 3 nitrogen and oxygen atoms in total. The van der Waals surface area contributed by atoms with Crippen molar-refractivity contribution in [1.29, 1.82) is 0 Å². The van der Waals surface area contributed by atoms with Crippen molar-refractivity contribution in [2.45, 2.75) is 26.7 Å². The van der Waals surface area contributed by atoms with Crippen LogP contribution in [-0.4, -0.2) is 40.5 Å². The number of hydrogen-bond donors (Lipinski definition) is 0. The first-order valence-electron chi connectivity index (χ1n) is 5.70. The molecule has 0 aromatic rings. The molecule has 5 heteroatoms. The number of hydrogen-bond acceptors (Lipinski definition) is 4. The normalized spacial score (nSPS) is 18.6. The predicted octanol–water partition coefficient (Wildman–Crippen LogP) is 2.76. The van der Waals surface area contributed by atoms with E-state index in [1.165, 1.54) is 0 Å². The number of hydrazine groups is 1. The molecule has 1 amide bonds. The Bertz CT molecular complexity index is 258. The maximum absolute atomic E-state index is 11.9. The largest absolute Gasteiger partial charge is 0.287 e. The zero-order chi connectivity index (χ0) is 12.0. The van der Waals surface area contributed by atoms with Gasteiger partial charge in [-0.05, 0) is 13.3 Å². The van der Waals surface area contributed by atoms with Gasteiger partial charge in [0.05, 0.1) is 5.75 Å². The van der Waals surface area contributed by atoms with E-state index in [2.05, 4.69) is 18.5 Å². The van der Waals surface area contributed by atoms with Crippen molar-refractivity contribution in [3.63, 3.8) is 0 Å². The van der Waals surface area contributed by atoms with Gasteiger partial charge in [0, 0.05) is 24.5 Å². The van der Waals surface area contributed by atoms with Gasteiger partial charge in [-0.2, -0.15) is 0 Å². The Kier molecular flexibility index (Phi) is 6.13. The summed E-state index contributed by atoms with van der Waals surface area (Å²) in [6.45, 7) is 9.89. The zero-order valence-corrected chi connectivity index (χ0v) is 11.7. The minimum Gasteiger partial charge on any atom is -0.287 e. The molecule has 92 valence electrons. The van der Waals surface area contributed by atoms with Crippen LogP contribution in [0, 0.1) is 0 Å². The highest BCUT2D eigenvalue weighted by Crippen LogP contribution is 2.28. The molecule has 0 saturated carbocycles. The number of unbranched alkanes of at least 4 members (excludes halogenated alkanes) is 1. The SMILES string of the molecule is C=C1CSSCC(=O)N(CC)N1CCCC. The average molecular weight is 260 g/mol. The maximum atomic E-state index is 11.9. The van der Waals surface area contributed by atoms with Crippen LogP contribution >= 0.6 is 21.6 Å². The smallest absolute Gasteiger partial charge is 0.251 e. The fraction of sp³-hybridized carbons (Fsp3) is 0.727. The Morgan fingerprint density at radius 3 is 2.56 bits per heavy atom. The number of amides is 1. The molecular weight excluding hydrogens is 240 g/mol. The monoisotopic (exact) mass is 260 g/mol. The van der Waals surface area contributed by atoms with Crippen LogP contribution in [0.25, 0.3) is 0 Å². The van der Waals surface area contributed by atoms with Crippen LogP contribution < -0.4 is 0 Å². The molecule has 0 bridgehead atoms. The molecule has 0 aromatic carbocycles. The Hall–Kier alpha value is -0.290. The number of nitrogens with zero attached hydrogens (tertiary/aromatic N) is 2. The molecular formula is C11H20N2OS2. The molecule has 0 unspecified atom stereocenters. The molecule has 1 rings (SSSR count). The second kappa shape index (κ2) is 7.12. The summed E-state index contributed by atoms with van der Waals surface area (Å²) in [5.41, 5.74) is 1.04. The Balaban J connectivity index is 2.74. The van der Waals surface area contributed by atoms with Crippen molar-refractivity contribution in [1.82, 2.24) is 10.0 Å². The lowest BCUT2D eigenvalue weighted by molar-refractivity contribution is -0.142. The number of carbonyl (C=O) groups excluding carboxylic acids is 1. The second-order valence-corrected chi connectivity index (χ2v) is 6.14. The van der Waals surface area contributed by atoms with Gasteiger partial charge in [0.15, 0.2) is 0 Å². The lowest BCUT2D eigenvalue weighted by Gasteiger charge is -2.38. The van der Waals surface area contributed by atoms with E-state index in [9.17, 15) is 4.79 Å². The first-order valence-corrected chi connectivity index (χ1v) is 8.19. The molecule has 16 heavy (non-hydrogen) atoms. The molecule has 1 aliphatic heterocycles. The van der Waals surface area contributed by atoms with Crippen LogP contribution in [0.2, 0.25) is 0 Å². The van der Waals surface area contributed by atoms with E-state index in [4.69, 9.17) is 0 Å². The Morgan fingerprint density at radius 2 is 1.94 bits per heavy atom.